The standard InChI is InChI=1S/C11H16N6O2/c12-16-10-13-5-8(17(18)19)9(15-10)14-6-11(3-4-11)7-1-2-7/h5,7H,1-4,6,12H2,(H2,13,14,15,16). The Morgan fingerprint density at radius 2 is 2.26 bits per heavy atom. The molecule has 8 heteroatoms. The normalized spacial score (nSPS) is 19.8. The van der Waals surface area contributed by atoms with Crippen molar-refractivity contribution in [2.45, 2.75) is 25.7 Å². The summed E-state index contributed by atoms with van der Waals surface area (Å²) in [6.07, 6.45) is 6.13. The van der Waals surface area contributed by atoms with Crippen molar-refractivity contribution >= 4 is 17.5 Å². The van der Waals surface area contributed by atoms with Gasteiger partial charge in [0.25, 0.3) is 0 Å². The second-order valence-electron chi connectivity index (χ2n) is 5.32. The van der Waals surface area contributed by atoms with E-state index >= 15 is 0 Å². The Labute approximate surface area is 109 Å². The molecule has 4 N–H and O–H groups in total. The van der Waals surface area contributed by atoms with Crippen molar-refractivity contribution in [3.05, 3.63) is 16.3 Å². The van der Waals surface area contributed by atoms with Crippen LogP contribution in [0, 0.1) is 21.4 Å². The van der Waals surface area contributed by atoms with Crippen molar-refractivity contribution in [1.29, 1.82) is 0 Å². The minimum atomic E-state index is -0.487. The van der Waals surface area contributed by atoms with Gasteiger partial charge in [0, 0.05) is 6.54 Å². The number of hydrogen-bond acceptors (Lipinski definition) is 7. The van der Waals surface area contributed by atoms with Crippen LogP contribution in [0.5, 0.6) is 0 Å². The molecule has 0 saturated heterocycles. The molecule has 2 aliphatic rings. The smallest absolute Gasteiger partial charge is 0.329 e. The van der Waals surface area contributed by atoms with E-state index in [0.717, 1.165) is 12.5 Å². The van der Waals surface area contributed by atoms with Gasteiger partial charge in [-0.2, -0.15) is 4.98 Å². The van der Waals surface area contributed by atoms with Crippen LogP contribution >= 0.6 is 0 Å². The number of hydrogen-bond donors (Lipinski definition) is 3. The Morgan fingerprint density at radius 1 is 1.53 bits per heavy atom. The van der Waals surface area contributed by atoms with Gasteiger partial charge in [0.05, 0.1) is 4.92 Å². The van der Waals surface area contributed by atoms with Gasteiger partial charge in [-0.05, 0) is 37.0 Å². The summed E-state index contributed by atoms with van der Waals surface area (Å²) in [6.45, 7) is 0.736. The Hall–Kier alpha value is -1.96. The summed E-state index contributed by atoms with van der Waals surface area (Å²) in [5, 5.41) is 14.0. The summed E-state index contributed by atoms with van der Waals surface area (Å²) in [6, 6.07) is 0. The molecule has 0 unspecified atom stereocenters. The molecule has 0 aromatic carbocycles. The quantitative estimate of drug-likeness (QED) is 0.402. The van der Waals surface area contributed by atoms with Crippen molar-refractivity contribution in [1.82, 2.24) is 9.97 Å². The van der Waals surface area contributed by atoms with Crippen molar-refractivity contribution in [3.8, 4) is 0 Å². The first kappa shape index (κ1) is 12.1. The number of nitro groups is 1. The van der Waals surface area contributed by atoms with Crippen LogP contribution in [0.2, 0.25) is 0 Å². The van der Waals surface area contributed by atoms with E-state index in [0.29, 0.717) is 5.41 Å². The molecular weight excluding hydrogens is 248 g/mol. The molecular formula is C11H16N6O2. The third-order valence-electron chi connectivity index (χ3n) is 4.04. The minimum Gasteiger partial charge on any atom is -0.364 e. The first-order valence-corrected chi connectivity index (χ1v) is 6.36. The van der Waals surface area contributed by atoms with Crippen LogP contribution in [0.25, 0.3) is 0 Å². The number of nitrogens with two attached hydrogens (primary N) is 1. The lowest BCUT2D eigenvalue weighted by Gasteiger charge is -2.15. The zero-order chi connectivity index (χ0) is 13.5. The number of nitrogens with one attached hydrogen (secondary N) is 2. The van der Waals surface area contributed by atoms with Crippen LogP contribution in [0.15, 0.2) is 6.20 Å². The maximum atomic E-state index is 10.9. The Kier molecular flexibility index (Phi) is 2.74. The highest BCUT2D eigenvalue weighted by molar-refractivity contribution is 5.57. The largest absolute Gasteiger partial charge is 0.364 e. The maximum Gasteiger partial charge on any atom is 0.329 e. The summed E-state index contributed by atoms with van der Waals surface area (Å²) < 4.78 is 0. The highest BCUT2D eigenvalue weighted by Gasteiger charge is 2.53. The van der Waals surface area contributed by atoms with Gasteiger partial charge in [-0.3, -0.25) is 15.5 Å². The molecule has 8 nitrogen and oxygen atoms in total. The van der Waals surface area contributed by atoms with E-state index in [1.807, 2.05) is 0 Å². The van der Waals surface area contributed by atoms with E-state index in [-0.39, 0.29) is 17.5 Å². The lowest BCUT2D eigenvalue weighted by Crippen LogP contribution is -2.20. The molecule has 2 saturated carbocycles. The van der Waals surface area contributed by atoms with Crippen LogP contribution in [-0.4, -0.2) is 21.4 Å². The zero-order valence-electron chi connectivity index (χ0n) is 10.4. The maximum absolute atomic E-state index is 10.9. The third kappa shape index (κ3) is 2.30. The molecule has 102 valence electrons. The Morgan fingerprint density at radius 3 is 2.79 bits per heavy atom. The van der Waals surface area contributed by atoms with Crippen LogP contribution in [-0.2, 0) is 0 Å². The van der Waals surface area contributed by atoms with Gasteiger partial charge >= 0.3 is 5.69 Å². The second-order valence-corrected chi connectivity index (χ2v) is 5.32. The SMILES string of the molecule is NNc1ncc([N+](=O)[O-])c(NCC2(C3CC3)CC2)n1. The summed E-state index contributed by atoms with van der Waals surface area (Å²) in [5.74, 6) is 6.42. The van der Waals surface area contributed by atoms with Gasteiger partial charge in [0.1, 0.15) is 6.20 Å². The van der Waals surface area contributed by atoms with Crippen molar-refractivity contribution in [2.24, 2.45) is 17.2 Å². The van der Waals surface area contributed by atoms with Gasteiger partial charge < -0.3 is 5.32 Å². The molecule has 2 aliphatic carbocycles. The number of hydrazine groups is 1. The molecule has 0 aliphatic heterocycles. The topological polar surface area (TPSA) is 119 Å². The Balaban J connectivity index is 1.76. The van der Waals surface area contributed by atoms with Crippen LogP contribution in [0.4, 0.5) is 17.5 Å². The van der Waals surface area contributed by atoms with Gasteiger partial charge in [-0.1, -0.05) is 0 Å². The van der Waals surface area contributed by atoms with Gasteiger partial charge in [0.2, 0.25) is 11.8 Å². The van der Waals surface area contributed by atoms with Crippen LogP contribution < -0.4 is 16.6 Å². The molecule has 0 amide bonds. The number of nitrogen functional groups attached to an aromatic ring is 1. The van der Waals surface area contributed by atoms with Gasteiger partial charge in [-0.15, -0.1) is 0 Å². The van der Waals surface area contributed by atoms with E-state index in [2.05, 4.69) is 20.7 Å². The molecule has 2 fully saturated rings. The Bertz CT molecular complexity index is 512. The fourth-order valence-electron chi connectivity index (χ4n) is 2.55. The lowest BCUT2D eigenvalue weighted by atomic mass is 10.0. The summed E-state index contributed by atoms with van der Waals surface area (Å²) in [4.78, 5) is 18.2. The second kappa shape index (κ2) is 4.30. The van der Waals surface area contributed by atoms with Crippen molar-refractivity contribution in [3.63, 3.8) is 0 Å². The lowest BCUT2D eigenvalue weighted by molar-refractivity contribution is -0.384. The molecule has 3 rings (SSSR count). The average Bonchev–Trinajstić information content (AvgIpc) is 3.28. The van der Waals surface area contributed by atoms with E-state index in [1.165, 1.54) is 31.9 Å². The predicted molar refractivity (Wildman–Crippen MR) is 69.4 cm³/mol. The molecule has 19 heavy (non-hydrogen) atoms. The fourth-order valence-corrected chi connectivity index (χ4v) is 2.55. The third-order valence-corrected chi connectivity index (χ3v) is 4.04. The minimum absolute atomic E-state index is 0.120. The number of rotatable bonds is 6. The first-order chi connectivity index (χ1) is 9.14. The molecule has 1 heterocycles. The van der Waals surface area contributed by atoms with Crippen LogP contribution in [0.1, 0.15) is 25.7 Å². The zero-order valence-corrected chi connectivity index (χ0v) is 10.4. The van der Waals surface area contributed by atoms with E-state index in [9.17, 15) is 10.1 Å². The van der Waals surface area contributed by atoms with E-state index in [1.54, 1.807) is 0 Å². The van der Waals surface area contributed by atoms with Gasteiger partial charge in [0.15, 0.2) is 0 Å². The highest BCUT2D eigenvalue weighted by atomic mass is 16.6. The van der Waals surface area contributed by atoms with E-state index < -0.39 is 4.92 Å². The fraction of sp³-hybridized carbons (Fsp3) is 0.636. The molecule has 0 atom stereocenters. The summed E-state index contributed by atoms with van der Waals surface area (Å²) in [7, 11) is 0. The molecule has 0 radical (unpaired) electrons. The average molecular weight is 264 g/mol. The predicted octanol–water partition coefficient (Wildman–Crippen LogP) is 1.27. The monoisotopic (exact) mass is 264 g/mol. The molecule has 1 aromatic heterocycles. The number of anilines is 2. The summed E-state index contributed by atoms with van der Waals surface area (Å²) >= 11 is 0. The highest BCUT2D eigenvalue weighted by Crippen LogP contribution is 2.61. The molecule has 0 spiro atoms. The molecule has 0 bridgehead atoms. The molecule has 1 aromatic rings. The van der Waals surface area contributed by atoms with E-state index in [4.69, 9.17) is 5.84 Å². The number of nitrogens with zero attached hydrogens (tertiary/aromatic N) is 3. The first-order valence-electron chi connectivity index (χ1n) is 6.36. The van der Waals surface area contributed by atoms with Crippen molar-refractivity contribution < 1.29 is 4.92 Å². The van der Waals surface area contributed by atoms with Crippen LogP contribution in [0.3, 0.4) is 0 Å². The van der Waals surface area contributed by atoms with Gasteiger partial charge in [-0.25, -0.2) is 10.8 Å². The summed E-state index contributed by atoms with van der Waals surface area (Å²) in [5.41, 5.74) is 2.52. The number of aromatic nitrogens is 2. The van der Waals surface area contributed by atoms with Crippen molar-refractivity contribution in [2.75, 3.05) is 17.3 Å².